The third kappa shape index (κ3) is 3.47. The minimum atomic E-state index is -0.946. The molecule has 0 spiro atoms. The van der Waals surface area contributed by atoms with E-state index in [4.69, 9.17) is 9.84 Å². The van der Waals surface area contributed by atoms with Crippen molar-refractivity contribution in [3.63, 3.8) is 0 Å². The lowest BCUT2D eigenvalue weighted by Crippen LogP contribution is -2.35. The lowest BCUT2D eigenvalue weighted by molar-refractivity contribution is -0.136. The van der Waals surface area contributed by atoms with Crippen LogP contribution in [0.5, 0.6) is 5.75 Å². The Balaban J connectivity index is 1.91. The van der Waals surface area contributed by atoms with Crippen LogP contribution in [0.3, 0.4) is 0 Å². The Morgan fingerprint density at radius 1 is 1.40 bits per heavy atom. The molecule has 0 bridgehead atoms. The number of benzene rings is 1. The van der Waals surface area contributed by atoms with Gasteiger partial charge in [0.15, 0.2) is 6.61 Å². The third-order valence-corrected chi connectivity index (χ3v) is 2.68. The molecule has 1 aromatic carbocycles. The number of cyclic esters (lactones) is 1. The van der Waals surface area contributed by atoms with Crippen LogP contribution < -0.4 is 4.74 Å². The number of hydrogen-bond acceptors (Lipinski definition) is 5. The fourth-order valence-corrected chi connectivity index (χ4v) is 1.76. The average molecular weight is 279 g/mol. The highest BCUT2D eigenvalue weighted by molar-refractivity contribution is 5.93. The van der Waals surface area contributed by atoms with Gasteiger partial charge >= 0.3 is 12.1 Å². The van der Waals surface area contributed by atoms with Gasteiger partial charge in [0, 0.05) is 0 Å². The summed E-state index contributed by atoms with van der Waals surface area (Å²) in [5.74, 6) is -1.06. The summed E-state index contributed by atoms with van der Waals surface area (Å²) in [6.07, 6.45) is -0.790. The molecule has 1 aromatic rings. The van der Waals surface area contributed by atoms with Crippen LogP contribution in [0.1, 0.15) is 5.56 Å². The molecule has 0 unspecified atom stereocenters. The molecule has 1 aliphatic heterocycles. The minimum absolute atomic E-state index is 0.121. The summed E-state index contributed by atoms with van der Waals surface area (Å²) < 4.78 is 9.91. The molecular weight excluding hydrogens is 266 g/mol. The Morgan fingerprint density at radius 3 is 2.85 bits per heavy atom. The van der Waals surface area contributed by atoms with E-state index in [1.54, 1.807) is 24.3 Å². The first-order chi connectivity index (χ1) is 9.56. The molecular formula is C13H13NO6. The number of carbonyl (C=O) groups is 3. The molecule has 2 amide bonds. The first-order valence-electron chi connectivity index (χ1n) is 5.97. The maximum Gasteiger partial charge on any atom is 0.416 e. The number of carboxylic acids is 1. The minimum Gasteiger partial charge on any atom is -0.484 e. The van der Waals surface area contributed by atoms with Crippen LogP contribution in [0.4, 0.5) is 4.79 Å². The van der Waals surface area contributed by atoms with Gasteiger partial charge in [-0.05, 0) is 17.7 Å². The van der Waals surface area contributed by atoms with Crippen molar-refractivity contribution in [1.29, 1.82) is 0 Å². The zero-order chi connectivity index (χ0) is 14.5. The van der Waals surface area contributed by atoms with E-state index in [9.17, 15) is 14.4 Å². The zero-order valence-corrected chi connectivity index (χ0v) is 10.6. The summed E-state index contributed by atoms with van der Waals surface area (Å²) in [4.78, 5) is 34.4. The monoisotopic (exact) mass is 279 g/mol. The highest BCUT2D eigenvalue weighted by Crippen LogP contribution is 2.14. The number of amides is 2. The van der Waals surface area contributed by atoms with Crippen LogP contribution in [0.15, 0.2) is 24.3 Å². The second-order valence-electron chi connectivity index (χ2n) is 4.17. The number of nitrogens with zero attached hydrogens (tertiary/aromatic N) is 1. The first kappa shape index (κ1) is 13.9. The smallest absolute Gasteiger partial charge is 0.416 e. The molecule has 1 heterocycles. The highest BCUT2D eigenvalue weighted by atomic mass is 16.6. The van der Waals surface area contributed by atoms with Gasteiger partial charge in [-0.15, -0.1) is 0 Å². The van der Waals surface area contributed by atoms with Gasteiger partial charge in [0.05, 0.1) is 13.0 Å². The van der Waals surface area contributed by atoms with Crippen LogP contribution in [0, 0.1) is 0 Å². The molecule has 0 saturated carbocycles. The molecule has 1 aliphatic rings. The fraction of sp³-hybridized carbons (Fsp3) is 0.308. The molecule has 1 N–H and O–H groups in total. The zero-order valence-electron chi connectivity index (χ0n) is 10.6. The molecule has 106 valence electrons. The molecule has 7 heteroatoms. The van der Waals surface area contributed by atoms with E-state index in [2.05, 4.69) is 4.74 Å². The van der Waals surface area contributed by atoms with Crippen LogP contribution in [0.2, 0.25) is 0 Å². The van der Waals surface area contributed by atoms with Crippen molar-refractivity contribution < 1.29 is 29.0 Å². The van der Waals surface area contributed by atoms with Gasteiger partial charge in [0.25, 0.3) is 5.91 Å². The van der Waals surface area contributed by atoms with Crippen molar-refractivity contribution in [2.45, 2.75) is 6.42 Å². The number of aliphatic carboxylic acids is 1. The lowest BCUT2D eigenvalue weighted by Gasteiger charge is -2.12. The van der Waals surface area contributed by atoms with Crippen molar-refractivity contribution in [2.75, 3.05) is 19.8 Å². The summed E-state index contributed by atoms with van der Waals surface area (Å²) in [5, 5.41) is 8.70. The van der Waals surface area contributed by atoms with E-state index in [1.165, 1.54) is 0 Å². The number of rotatable bonds is 5. The summed E-state index contributed by atoms with van der Waals surface area (Å²) in [7, 11) is 0. The first-order valence-corrected chi connectivity index (χ1v) is 5.97. The van der Waals surface area contributed by atoms with Crippen molar-refractivity contribution >= 4 is 18.0 Å². The largest absolute Gasteiger partial charge is 0.484 e. The van der Waals surface area contributed by atoms with Gasteiger partial charge in [-0.25, -0.2) is 9.69 Å². The second kappa shape index (κ2) is 6.05. The average Bonchev–Trinajstić information content (AvgIpc) is 2.82. The summed E-state index contributed by atoms with van der Waals surface area (Å²) in [6.45, 7) is 0.115. The van der Waals surface area contributed by atoms with E-state index in [0.717, 1.165) is 4.90 Å². The number of imide groups is 1. The third-order valence-electron chi connectivity index (χ3n) is 2.68. The Hall–Kier alpha value is -2.57. The van der Waals surface area contributed by atoms with Crippen molar-refractivity contribution in [3.05, 3.63) is 29.8 Å². The Bertz CT molecular complexity index is 541. The maximum atomic E-state index is 11.7. The summed E-state index contributed by atoms with van der Waals surface area (Å²) in [5.41, 5.74) is 0.572. The number of carbonyl (C=O) groups excluding carboxylic acids is 2. The molecule has 0 aromatic heterocycles. The number of carboxylic acid groups (broad SMARTS) is 1. The van der Waals surface area contributed by atoms with Crippen LogP contribution in [0.25, 0.3) is 0 Å². The van der Waals surface area contributed by atoms with Crippen LogP contribution in [-0.4, -0.2) is 47.7 Å². The van der Waals surface area contributed by atoms with Crippen molar-refractivity contribution in [3.8, 4) is 5.75 Å². The van der Waals surface area contributed by atoms with E-state index < -0.39 is 18.0 Å². The molecule has 0 aliphatic carbocycles. The number of hydrogen-bond donors (Lipinski definition) is 1. The van der Waals surface area contributed by atoms with Crippen molar-refractivity contribution in [2.24, 2.45) is 0 Å². The lowest BCUT2D eigenvalue weighted by atomic mass is 10.1. The van der Waals surface area contributed by atoms with Gasteiger partial charge in [-0.1, -0.05) is 12.1 Å². The Labute approximate surface area is 114 Å². The number of ether oxygens (including phenoxy) is 2. The van der Waals surface area contributed by atoms with E-state index in [0.29, 0.717) is 11.3 Å². The predicted molar refractivity (Wildman–Crippen MR) is 66.3 cm³/mol. The Kier molecular flexibility index (Phi) is 4.19. The Morgan fingerprint density at radius 2 is 2.20 bits per heavy atom. The van der Waals surface area contributed by atoms with Crippen molar-refractivity contribution in [1.82, 2.24) is 4.90 Å². The van der Waals surface area contributed by atoms with Gasteiger partial charge in [-0.3, -0.25) is 9.59 Å². The molecule has 7 nitrogen and oxygen atoms in total. The van der Waals surface area contributed by atoms with Gasteiger partial charge < -0.3 is 14.6 Å². The van der Waals surface area contributed by atoms with E-state index in [1.807, 2.05) is 0 Å². The topological polar surface area (TPSA) is 93.1 Å². The van der Waals surface area contributed by atoms with Gasteiger partial charge in [0.1, 0.15) is 12.4 Å². The molecule has 0 radical (unpaired) electrons. The standard InChI is InChI=1S/C13H13NO6/c15-11(14-4-5-19-13(14)18)8-20-10-3-1-2-9(6-10)7-12(16)17/h1-3,6H,4-5,7-8H2,(H,16,17). The van der Waals surface area contributed by atoms with Gasteiger partial charge in [-0.2, -0.15) is 0 Å². The quantitative estimate of drug-likeness (QED) is 0.851. The molecule has 2 rings (SSSR count). The van der Waals surface area contributed by atoms with Crippen LogP contribution in [-0.2, 0) is 20.7 Å². The van der Waals surface area contributed by atoms with E-state index in [-0.39, 0.29) is 26.2 Å². The maximum absolute atomic E-state index is 11.7. The SMILES string of the molecule is O=C(O)Cc1cccc(OCC(=O)N2CCOC2=O)c1. The second-order valence-corrected chi connectivity index (χ2v) is 4.17. The predicted octanol–water partition coefficient (Wildman–Crippen LogP) is 0.671. The molecule has 20 heavy (non-hydrogen) atoms. The fourth-order valence-electron chi connectivity index (χ4n) is 1.76. The summed E-state index contributed by atoms with van der Waals surface area (Å²) in [6, 6.07) is 6.45. The highest BCUT2D eigenvalue weighted by Gasteiger charge is 2.28. The van der Waals surface area contributed by atoms with Gasteiger partial charge in [0.2, 0.25) is 0 Å². The summed E-state index contributed by atoms with van der Waals surface area (Å²) >= 11 is 0. The molecule has 1 fully saturated rings. The molecule has 0 atom stereocenters. The van der Waals surface area contributed by atoms with Crippen LogP contribution >= 0.6 is 0 Å². The normalized spacial score (nSPS) is 14.0. The molecule has 1 saturated heterocycles. The van der Waals surface area contributed by atoms with E-state index >= 15 is 0 Å².